The monoisotopic (exact) mass is 285 g/mol. The minimum Gasteiger partial charge on any atom is -0.381 e. The Morgan fingerprint density at radius 1 is 1.29 bits per heavy atom. The molecule has 1 aromatic carbocycles. The van der Waals surface area contributed by atoms with Gasteiger partial charge in [-0.2, -0.15) is 5.10 Å². The van der Waals surface area contributed by atoms with E-state index >= 15 is 0 Å². The minimum absolute atomic E-state index is 0.282. The van der Waals surface area contributed by atoms with Crippen molar-refractivity contribution in [2.24, 2.45) is 14.1 Å². The predicted molar refractivity (Wildman–Crippen MR) is 80.3 cm³/mol. The smallest absolute Gasteiger partial charge is 0.330 e. The molecule has 7 nitrogen and oxygen atoms in total. The predicted octanol–water partition coefficient (Wildman–Crippen LogP) is 0.572. The molecule has 0 aliphatic heterocycles. The summed E-state index contributed by atoms with van der Waals surface area (Å²) in [7, 11) is 3.11. The van der Waals surface area contributed by atoms with Crippen LogP contribution in [0.15, 0.2) is 40.2 Å². The maximum Gasteiger partial charge on any atom is 0.330 e. The van der Waals surface area contributed by atoms with E-state index in [1.165, 1.54) is 11.6 Å². The van der Waals surface area contributed by atoms with Crippen molar-refractivity contribution in [2.45, 2.75) is 6.54 Å². The normalized spacial score (nSPS) is 11.0. The molecule has 3 rings (SSSR count). The molecule has 0 radical (unpaired) electrons. The fraction of sp³-hybridized carbons (Fsp3) is 0.214. The van der Waals surface area contributed by atoms with Crippen molar-refractivity contribution in [3.8, 4) is 0 Å². The molecule has 2 heterocycles. The zero-order valence-electron chi connectivity index (χ0n) is 11.8. The van der Waals surface area contributed by atoms with Crippen LogP contribution in [0.1, 0.15) is 5.56 Å². The molecular formula is C14H15N5O2. The van der Waals surface area contributed by atoms with E-state index in [0.29, 0.717) is 12.1 Å². The number of aromatic amines is 1. The molecule has 0 bridgehead atoms. The average molecular weight is 285 g/mol. The summed E-state index contributed by atoms with van der Waals surface area (Å²) in [5, 5.41) is 11.0. The maximum atomic E-state index is 12.0. The third kappa shape index (κ3) is 2.33. The number of hydrogen-bond donors (Lipinski definition) is 2. The lowest BCUT2D eigenvalue weighted by atomic mass is 10.2. The van der Waals surface area contributed by atoms with Crippen LogP contribution in [0.3, 0.4) is 0 Å². The largest absolute Gasteiger partial charge is 0.381 e. The third-order valence-corrected chi connectivity index (χ3v) is 3.44. The molecule has 0 aliphatic carbocycles. The van der Waals surface area contributed by atoms with Crippen molar-refractivity contribution in [3.05, 3.63) is 57.0 Å². The van der Waals surface area contributed by atoms with Gasteiger partial charge in [0.1, 0.15) is 0 Å². The molecular weight excluding hydrogens is 270 g/mol. The summed E-state index contributed by atoms with van der Waals surface area (Å²) in [5.41, 5.74) is 1.77. The van der Waals surface area contributed by atoms with Crippen LogP contribution in [0, 0.1) is 0 Å². The molecule has 2 N–H and O–H groups in total. The molecule has 0 fully saturated rings. The highest BCUT2D eigenvalue weighted by molar-refractivity contribution is 5.81. The second kappa shape index (κ2) is 4.93. The van der Waals surface area contributed by atoms with Crippen LogP contribution in [0.2, 0.25) is 0 Å². The molecule has 0 saturated carbocycles. The van der Waals surface area contributed by atoms with Gasteiger partial charge in [0, 0.05) is 37.9 Å². The van der Waals surface area contributed by atoms with E-state index in [-0.39, 0.29) is 11.2 Å². The number of hydrogen-bond acceptors (Lipinski definition) is 4. The van der Waals surface area contributed by atoms with Crippen LogP contribution in [0.5, 0.6) is 0 Å². The number of aromatic nitrogens is 4. The first-order valence-corrected chi connectivity index (χ1v) is 6.49. The van der Waals surface area contributed by atoms with E-state index in [0.717, 1.165) is 21.2 Å². The quantitative estimate of drug-likeness (QED) is 0.737. The molecule has 0 amide bonds. The lowest BCUT2D eigenvalue weighted by Gasteiger charge is -2.09. The zero-order chi connectivity index (χ0) is 15.0. The summed E-state index contributed by atoms with van der Waals surface area (Å²) in [6, 6.07) is 5.78. The summed E-state index contributed by atoms with van der Waals surface area (Å²) in [5.74, 6) is 0. The molecule has 2 aromatic heterocycles. The Labute approximate surface area is 119 Å². The van der Waals surface area contributed by atoms with E-state index in [1.807, 2.05) is 18.2 Å². The molecule has 0 unspecified atom stereocenters. The van der Waals surface area contributed by atoms with Crippen LogP contribution in [-0.4, -0.2) is 19.3 Å². The Hall–Kier alpha value is -2.83. The molecule has 21 heavy (non-hydrogen) atoms. The van der Waals surface area contributed by atoms with Crippen molar-refractivity contribution < 1.29 is 0 Å². The maximum absolute atomic E-state index is 12.0. The number of benzene rings is 1. The number of fused-ring (bicyclic) bond motifs is 1. The van der Waals surface area contributed by atoms with Crippen molar-refractivity contribution in [1.29, 1.82) is 0 Å². The second-order valence-electron chi connectivity index (χ2n) is 4.94. The van der Waals surface area contributed by atoms with Gasteiger partial charge in [0.05, 0.1) is 17.3 Å². The third-order valence-electron chi connectivity index (χ3n) is 3.44. The molecule has 3 aromatic rings. The summed E-state index contributed by atoms with van der Waals surface area (Å²) in [6.07, 6.45) is 3.31. The van der Waals surface area contributed by atoms with Gasteiger partial charge in [-0.15, -0.1) is 0 Å². The number of nitrogens with zero attached hydrogens (tertiary/aromatic N) is 3. The van der Waals surface area contributed by atoms with Gasteiger partial charge in [0.25, 0.3) is 5.56 Å². The zero-order valence-corrected chi connectivity index (χ0v) is 11.8. The Kier molecular flexibility index (Phi) is 3.09. The van der Waals surface area contributed by atoms with E-state index < -0.39 is 0 Å². The van der Waals surface area contributed by atoms with E-state index in [1.54, 1.807) is 19.4 Å². The number of anilines is 1. The van der Waals surface area contributed by atoms with E-state index in [2.05, 4.69) is 15.5 Å². The summed E-state index contributed by atoms with van der Waals surface area (Å²) < 4.78 is 2.51. The van der Waals surface area contributed by atoms with Gasteiger partial charge >= 0.3 is 5.69 Å². The van der Waals surface area contributed by atoms with Crippen LogP contribution in [-0.2, 0) is 20.6 Å². The van der Waals surface area contributed by atoms with Gasteiger partial charge < -0.3 is 9.88 Å². The number of nitrogens with one attached hydrogen (secondary N) is 2. The van der Waals surface area contributed by atoms with Crippen LogP contribution >= 0.6 is 0 Å². The first kappa shape index (κ1) is 13.2. The van der Waals surface area contributed by atoms with E-state index in [4.69, 9.17) is 0 Å². The lowest BCUT2D eigenvalue weighted by Crippen LogP contribution is -2.38. The van der Waals surface area contributed by atoms with Gasteiger partial charge in [-0.1, -0.05) is 0 Å². The Morgan fingerprint density at radius 3 is 2.90 bits per heavy atom. The first-order chi connectivity index (χ1) is 10.1. The van der Waals surface area contributed by atoms with Crippen molar-refractivity contribution in [2.75, 3.05) is 5.32 Å². The molecule has 0 saturated heterocycles. The highest BCUT2D eigenvalue weighted by Gasteiger charge is 2.06. The van der Waals surface area contributed by atoms with Crippen molar-refractivity contribution in [1.82, 2.24) is 19.3 Å². The summed E-state index contributed by atoms with van der Waals surface area (Å²) in [6.45, 7) is 0.351. The standard InChI is InChI=1S/C14H15N5O2/c1-18-8-10(13(20)19(2)14(18)21)6-15-11-3-4-12-9(5-11)7-16-17-12/h3-5,7-8,15H,6H2,1-2H3,(H,16,17). The molecule has 108 valence electrons. The van der Waals surface area contributed by atoms with Crippen molar-refractivity contribution in [3.63, 3.8) is 0 Å². The van der Waals surface area contributed by atoms with Gasteiger partial charge in [0.2, 0.25) is 0 Å². The highest BCUT2D eigenvalue weighted by Crippen LogP contribution is 2.16. The topological polar surface area (TPSA) is 84.7 Å². The van der Waals surface area contributed by atoms with Gasteiger partial charge in [0.15, 0.2) is 0 Å². The lowest BCUT2D eigenvalue weighted by molar-refractivity contribution is 0.671. The Bertz CT molecular complexity index is 919. The Morgan fingerprint density at radius 2 is 2.10 bits per heavy atom. The number of rotatable bonds is 3. The van der Waals surface area contributed by atoms with Crippen LogP contribution < -0.4 is 16.6 Å². The van der Waals surface area contributed by atoms with Crippen LogP contribution in [0.25, 0.3) is 10.9 Å². The number of H-pyrrole nitrogens is 1. The molecule has 0 spiro atoms. The van der Waals surface area contributed by atoms with Crippen molar-refractivity contribution >= 4 is 16.6 Å². The van der Waals surface area contributed by atoms with E-state index in [9.17, 15) is 9.59 Å². The second-order valence-corrected chi connectivity index (χ2v) is 4.94. The van der Waals surface area contributed by atoms with Crippen LogP contribution in [0.4, 0.5) is 5.69 Å². The first-order valence-electron chi connectivity index (χ1n) is 6.49. The number of aryl methyl sites for hydroxylation is 1. The summed E-state index contributed by atoms with van der Waals surface area (Å²) >= 11 is 0. The molecule has 0 aliphatic rings. The average Bonchev–Trinajstić information content (AvgIpc) is 2.95. The van der Waals surface area contributed by atoms with Gasteiger partial charge in [-0.3, -0.25) is 14.5 Å². The fourth-order valence-corrected chi connectivity index (χ4v) is 2.25. The highest BCUT2D eigenvalue weighted by atomic mass is 16.2. The SMILES string of the molecule is Cn1cc(CNc2ccc3[nH]ncc3c2)c(=O)n(C)c1=O. The minimum atomic E-state index is -0.330. The van der Waals surface area contributed by atoms with Gasteiger partial charge in [-0.25, -0.2) is 4.79 Å². The fourth-order valence-electron chi connectivity index (χ4n) is 2.25. The Balaban J connectivity index is 1.87. The molecule has 0 atom stereocenters. The molecule has 7 heteroatoms. The van der Waals surface area contributed by atoms with Gasteiger partial charge in [-0.05, 0) is 18.2 Å². The summed E-state index contributed by atoms with van der Waals surface area (Å²) in [4.78, 5) is 23.7.